The summed E-state index contributed by atoms with van der Waals surface area (Å²) in [6.07, 6.45) is -3.33. The molecule has 1 atom stereocenters. The van der Waals surface area contributed by atoms with E-state index in [2.05, 4.69) is 5.32 Å². The first-order valence-corrected chi connectivity index (χ1v) is 7.70. The minimum Gasteiger partial charge on any atom is -0.369 e. The SMILES string of the molecule is C[C@@H](NC(=O)N1CCC(C(N)=O)CC1)c1ccc(C(F)(F)F)cc1. The van der Waals surface area contributed by atoms with E-state index < -0.39 is 17.8 Å². The highest BCUT2D eigenvalue weighted by atomic mass is 19.4. The number of hydrogen-bond acceptors (Lipinski definition) is 2. The Labute approximate surface area is 138 Å². The summed E-state index contributed by atoms with van der Waals surface area (Å²) >= 11 is 0. The molecule has 132 valence electrons. The molecule has 0 unspecified atom stereocenters. The summed E-state index contributed by atoms with van der Waals surface area (Å²) in [6.45, 7) is 2.56. The fourth-order valence-electron chi connectivity index (χ4n) is 2.69. The maximum atomic E-state index is 12.6. The molecule has 5 nitrogen and oxygen atoms in total. The molecule has 24 heavy (non-hydrogen) atoms. The van der Waals surface area contributed by atoms with Gasteiger partial charge >= 0.3 is 12.2 Å². The van der Waals surface area contributed by atoms with Gasteiger partial charge in [-0.25, -0.2) is 4.79 Å². The van der Waals surface area contributed by atoms with Crippen LogP contribution in [0, 0.1) is 5.92 Å². The van der Waals surface area contributed by atoms with Crippen molar-refractivity contribution in [1.82, 2.24) is 10.2 Å². The number of rotatable bonds is 3. The van der Waals surface area contributed by atoms with Crippen molar-refractivity contribution in [3.63, 3.8) is 0 Å². The number of piperidine rings is 1. The van der Waals surface area contributed by atoms with Crippen LogP contribution in [0.25, 0.3) is 0 Å². The number of hydrogen-bond donors (Lipinski definition) is 2. The van der Waals surface area contributed by atoms with Crippen molar-refractivity contribution in [3.8, 4) is 0 Å². The topological polar surface area (TPSA) is 75.4 Å². The van der Waals surface area contributed by atoms with Crippen LogP contribution in [0.5, 0.6) is 0 Å². The Morgan fingerprint density at radius 3 is 2.21 bits per heavy atom. The van der Waals surface area contributed by atoms with Crippen LogP contribution in [0.1, 0.15) is 36.9 Å². The number of carbonyl (C=O) groups is 2. The summed E-state index contributed by atoms with van der Waals surface area (Å²) < 4.78 is 37.7. The zero-order valence-electron chi connectivity index (χ0n) is 13.3. The van der Waals surface area contributed by atoms with Gasteiger partial charge in [0.25, 0.3) is 0 Å². The van der Waals surface area contributed by atoms with Crippen LogP contribution >= 0.6 is 0 Å². The average molecular weight is 343 g/mol. The van der Waals surface area contributed by atoms with Gasteiger partial charge in [-0.05, 0) is 37.5 Å². The second-order valence-electron chi connectivity index (χ2n) is 5.95. The molecule has 0 bridgehead atoms. The number of primary amides is 1. The van der Waals surface area contributed by atoms with Crippen LogP contribution in [-0.4, -0.2) is 29.9 Å². The molecular formula is C16H20F3N3O2. The normalized spacial score (nSPS) is 17.4. The number of nitrogens with two attached hydrogens (primary N) is 1. The highest BCUT2D eigenvalue weighted by molar-refractivity contribution is 5.78. The van der Waals surface area contributed by atoms with E-state index >= 15 is 0 Å². The fraction of sp³-hybridized carbons (Fsp3) is 0.500. The quantitative estimate of drug-likeness (QED) is 0.885. The molecule has 0 spiro atoms. The van der Waals surface area contributed by atoms with Gasteiger partial charge in [-0.1, -0.05) is 12.1 Å². The predicted molar refractivity (Wildman–Crippen MR) is 81.9 cm³/mol. The number of nitrogens with one attached hydrogen (secondary N) is 1. The number of alkyl halides is 3. The Hall–Kier alpha value is -2.25. The number of urea groups is 1. The van der Waals surface area contributed by atoms with Crippen molar-refractivity contribution < 1.29 is 22.8 Å². The molecule has 2 rings (SSSR count). The van der Waals surface area contributed by atoms with Gasteiger partial charge < -0.3 is 16.0 Å². The van der Waals surface area contributed by atoms with E-state index in [0.29, 0.717) is 31.5 Å². The fourth-order valence-corrected chi connectivity index (χ4v) is 2.69. The van der Waals surface area contributed by atoms with E-state index in [1.165, 1.54) is 12.1 Å². The van der Waals surface area contributed by atoms with Crippen LogP contribution in [0.4, 0.5) is 18.0 Å². The second-order valence-corrected chi connectivity index (χ2v) is 5.95. The number of carbonyl (C=O) groups excluding carboxylic acids is 2. The maximum absolute atomic E-state index is 12.6. The smallest absolute Gasteiger partial charge is 0.369 e. The first kappa shape index (κ1) is 18.1. The molecule has 8 heteroatoms. The van der Waals surface area contributed by atoms with E-state index in [1.807, 2.05) is 0 Å². The van der Waals surface area contributed by atoms with E-state index in [9.17, 15) is 22.8 Å². The molecule has 0 aliphatic carbocycles. The number of nitrogens with zero attached hydrogens (tertiary/aromatic N) is 1. The van der Waals surface area contributed by atoms with E-state index in [1.54, 1.807) is 11.8 Å². The molecule has 0 aromatic heterocycles. The van der Waals surface area contributed by atoms with Crippen LogP contribution < -0.4 is 11.1 Å². The molecule has 1 saturated heterocycles. The first-order chi connectivity index (χ1) is 11.2. The lowest BCUT2D eigenvalue weighted by atomic mass is 9.96. The summed E-state index contributed by atoms with van der Waals surface area (Å²) in [5.41, 5.74) is 5.11. The van der Waals surface area contributed by atoms with Crippen molar-refractivity contribution in [3.05, 3.63) is 35.4 Å². The average Bonchev–Trinajstić information content (AvgIpc) is 2.54. The minimum absolute atomic E-state index is 0.207. The second kappa shape index (κ2) is 7.11. The molecule has 1 aliphatic rings. The lowest BCUT2D eigenvalue weighted by Crippen LogP contribution is -2.46. The van der Waals surface area contributed by atoms with Crippen molar-refractivity contribution in [2.75, 3.05) is 13.1 Å². The van der Waals surface area contributed by atoms with E-state index in [-0.39, 0.29) is 17.9 Å². The lowest BCUT2D eigenvalue weighted by molar-refractivity contribution is -0.137. The molecule has 3 amide bonds. The van der Waals surface area contributed by atoms with Crippen molar-refractivity contribution in [2.24, 2.45) is 11.7 Å². The Bertz CT molecular complexity index is 594. The number of likely N-dealkylation sites (tertiary alicyclic amines) is 1. The predicted octanol–water partition coefficient (Wildman–Crippen LogP) is 2.67. The van der Waals surface area contributed by atoms with Crippen molar-refractivity contribution in [2.45, 2.75) is 32.0 Å². The Kier molecular flexibility index (Phi) is 5.36. The van der Waals surface area contributed by atoms with Gasteiger partial charge in [0.05, 0.1) is 11.6 Å². The highest BCUT2D eigenvalue weighted by Crippen LogP contribution is 2.30. The number of halogens is 3. The molecule has 1 aromatic rings. The monoisotopic (exact) mass is 343 g/mol. The first-order valence-electron chi connectivity index (χ1n) is 7.70. The molecule has 1 fully saturated rings. The summed E-state index contributed by atoms with van der Waals surface area (Å²) in [6, 6.07) is 3.98. The zero-order valence-corrected chi connectivity index (χ0v) is 13.3. The minimum atomic E-state index is -4.38. The van der Waals surface area contributed by atoms with Crippen molar-refractivity contribution >= 4 is 11.9 Å². The summed E-state index contributed by atoms with van der Waals surface area (Å²) in [7, 11) is 0. The van der Waals surface area contributed by atoms with Gasteiger partial charge in [0.1, 0.15) is 0 Å². The Morgan fingerprint density at radius 1 is 1.21 bits per heavy atom. The largest absolute Gasteiger partial charge is 0.416 e. The molecule has 0 saturated carbocycles. The standard InChI is InChI=1S/C16H20F3N3O2/c1-10(11-2-4-13(5-3-11)16(17,18)19)21-15(24)22-8-6-12(7-9-22)14(20)23/h2-5,10,12H,6-9H2,1H3,(H2,20,23)(H,21,24)/t10-/m1/s1. The van der Waals surface area contributed by atoms with Crippen LogP contribution in [-0.2, 0) is 11.0 Å². The summed E-state index contributed by atoms with van der Waals surface area (Å²) in [4.78, 5) is 24.9. The Morgan fingerprint density at radius 2 is 1.75 bits per heavy atom. The highest BCUT2D eigenvalue weighted by Gasteiger charge is 2.30. The third kappa shape index (κ3) is 4.39. The van der Waals surface area contributed by atoms with Crippen LogP contribution in [0.15, 0.2) is 24.3 Å². The lowest BCUT2D eigenvalue weighted by Gasteiger charge is -2.31. The third-order valence-electron chi connectivity index (χ3n) is 4.26. The molecule has 0 radical (unpaired) electrons. The third-order valence-corrected chi connectivity index (χ3v) is 4.26. The zero-order chi connectivity index (χ0) is 17.9. The van der Waals surface area contributed by atoms with Gasteiger partial charge in [0.2, 0.25) is 5.91 Å². The van der Waals surface area contributed by atoms with Gasteiger partial charge in [0.15, 0.2) is 0 Å². The van der Waals surface area contributed by atoms with Gasteiger partial charge in [-0.3, -0.25) is 4.79 Å². The van der Waals surface area contributed by atoms with Crippen LogP contribution in [0.2, 0.25) is 0 Å². The van der Waals surface area contributed by atoms with Crippen molar-refractivity contribution in [1.29, 1.82) is 0 Å². The molecule has 3 N–H and O–H groups in total. The Balaban J connectivity index is 1.91. The molecule has 1 aliphatic heterocycles. The summed E-state index contributed by atoms with van der Waals surface area (Å²) in [5.74, 6) is -0.561. The van der Waals surface area contributed by atoms with E-state index in [4.69, 9.17) is 5.73 Å². The maximum Gasteiger partial charge on any atom is 0.416 e. The summed E-state index contributed by atoms with van der Waals surface area (Å²) in [5, 5.41) is 2.76. The number of benzene rings is 1. The number of amides is 3. The van der Waals surface area contributed by atoms with Crippen LogP contribution in [0.3, 0.4) is 0 Å². The van der Waals surface area contributed by atoms with Gasteiger partial charge in [-0.2, -0.15) is 13.2 Å². The van der Waals surface area contributed by atoms with Gasteiger partial charge in [-0.15, -0.1) is 0 Å². The van der Waals surface area contributed by atoms with Gasteiger partial charge in [0, 0.05) is 19.0 Å². The molecular weight excluding hydrogens is 323 g/mol. The molecule has 1 aromatic carbocycles. The molecule has 1 heterocycles. The van der Waals surface area contributed by atoms with E-state index in [0.717, 1.165) is 12.1 Å².